The number of hydrazone groups is 1. The number of benzene rings is 2. The van der Waals surface area contributed by atoms with E-state index in [1.54, 1.807) is 6.92 Å². The van der Waals surface area contributed by atoms with Crippen LogP contribution in [0.1, 0.15) is 18.2 Å². The molecule has 0 radical (unpaired) electrons. The second-order valence-electron chi connectivity index (χ2n) is 5.33. The quantitative estimate of drug-likeness (QED) is 0.572. The number of hydrogen-bond acceptors (Lipinski definition) is 5. The third-order valence-electron chi connectivity index (χ3n) is 3.61. The Morgan fingerprint density at radius 2 is 1.71 bits per heavy atom. The van der Waals surface area contributed by atoms with Crippen LogP contribution in [-0.2, 0) is 0 Å². The summed E-state index contributed by atoms with van der Waals surface area (Å²) in [4.78, 5) is 15.0. The van der Waals surface area contributed by atoms with Gasteiger partial charge < -0.3 is 0 Å². The highest BCUT2D eigenvalue weighted by Gasteiger charge is 2.03. The molecule has 0 unspecified atom stereocenters. The molecule has 0 saturated heterocycles. The Morgan fingerprint density at radius 3 is 2.42 bits per heavy atom. The van der Waals surface area contributed by atoms with E-state index in [9.17, 15) is 4.79 Å². The van der Waals surface area contributed by atoms with E-state index in [1.807, 2.05) is 37.3 Å². The molecule has 2 aromatic carbocycles. The lowest BCUT2D eigenvalue weighted by Gasteiger charge is -2.06. The van der Waals surface area contributed by atoms with E-state index in [-0.39, 0.29) is 0 Å². The van der Waals surface area contributed by atoms with Crippen LogP contribution >= 0.6 is 0 Å². The number of nitrogens with one attached hydrogen (secondary N) is 2. The third-order valence-corrected chi connectivity index (χ3v) is 3.61. The van der Waals surface area contributed by atoms with Gasteiger partial charge in [0.25, 0.3) is 0 Å². The molecule has 6 heteroatoms. The minimum absolute atomic E-state index is 0.346. The van der Waals surface area contributed by atoms with Crippen molar-refractivity contribution in [2.75, 3.05) is 5.43 Å². The lowest BCUT2D eigenvalue weighted by atomic mass is 10.0. The van der Waals surface area contributed by atoms with Crippen LogP contribution in [0.2, 0.25) is 0 Å². The van der Waals surface area contributed by atoms with Crippen molar-refractivity contribution in [2.24, 2.45) is 5.10 Å². The average Bonchev–Trinajstić information content (AvgIpc) is 2.63. The third kappa shape index (κ3) is 3.55. The van der Waals surface area contributed by atoms with Crippen molar-refractivity contribution in [2.45, 2.75) is 13.8 Å². The van der Waals surface area contributed by atoms with Crippen LogP contribution in [0, 0.1) is 6.92 Å². The lowest BCUT2D eigenvalue weighted by Crippen LogP contribution is -2.16. The van der Waals surface area contributed by atoms with Crippen LogP contribution in [0.15, 0.2) is 64.5 Å². The SMILES string of the molecule is C/C(=N/Nc1nc(=O)[nH]nc1C)c1ccc(-c2ccccc2)cc1. The summed E-state index contributed by atoms with van der Waals surface area (Å²) in [6.45, 7) is 3.63. The molecular formula is C18H17N5O. The summed E-state index contributed by atoms with van der Waals surface area (Å²) in [5.41, 5.74) is 6.95. The fourth-order valence-electron chi connectivity index (χ4n) is 2.23. The van der Waals surface area contributed by atoms with Gasteiger partial charge >= 0.3 is 5.69 Å². The van der Waals surface area contributed by atoms with Gasteiger partial charge in [-0.3, -0.25) is 5.43 Å². The molecule has 120 valence electrons. The van der Waals surface area contributed by atoms with E-state index in [1.165, 1.54) is 5.56 Å². The Labute approximate surface area is 139 Å². The average molecular weight is 319 g/mol. The second kappa shape index (κ2) is 6.87. The normalized spacial score (nSPS) is 11.3. The van der Waals surface area contributed by atoms with Crippen molar-refractivity contribution in [3.63, 3.8) is 0 Å². The highest BCUT2D eigenvalue weighted by molar-refractivity contribution is 5.99. The molecule has 3 aromatic rings. The summed E-state index contributed by atoms with van der Waals surface area (Å²) in [5, 5.41) is 10.4. The second-order valence-corrected chi connectivity index (χ2v) is 5.33. The molecule has 0 fully saturated rings. The van der Waals surface area contributed by atoms with Gasteiger partial charge in [-0.05, 0) is 30.5 Å². The Balaban J connectivity index is 1.78. The number of aromatic nitrogens is 3. The van der Waals surface area contributed by atoms with Gasteiger partial charge in [0.15, 0.2) is 5.82 Å². The molecule has 2 N–H and O–H groups in total. The Bertz CT molecular complexity index is 914. The number of nitrogens with zero attached hydrogens (tertiary/aromatic N) is 3. The highest BCUT2D eigenvalue weighted by Crippen LogP contribution is 2.19. The minimum Gasteiger partial charge on any atom is -0.259 e. The molecule has 6 nitrogen and oxygen atoms in total. The van der Waals surface area contributed by atoms with Gasteiger partial charge in [0.1, 0.15) is 5.69 Å². The van der Waals surface area contributed by atoms with E-state index in [2.05, 4.69) is 50.0 Å². The maximum absolute atomic E-state index is 11.2. The van der Waals surface area contributed by atoms with Crippen LogP contribution < -0.4 is 11.1 Å². The fraction of sp³-hybridized carbons (Fsp3) is 0.111. The Morgan fingerprint density at radius 1 is 1.04 bits per heavy atom. The van der Waals surface area contributed by atoms with Gasteiger partial charge in [0, 0.05) is 0 Å². The molecule has 1 aromatic heterocycles. The lowest BCUT2D eigenvalue weighted by molar-refractivity contribution is 0.879. The minimum atomic E-state index is -0.511. The predicted molar refractivity (Wildman–Crippen MR) is 95.1 cm³/mol. The zero-order chi connectivity index (χ0) is 16.9. The molecule has 0 aliphatic carbocycles. The first kappa shape index (κ1) is 15.6. The van der Waals surface area contributed by atoms with Crippen molar-refractivity contribution < 1.29 is 0 Å². The van der Waals surface area contributed by atoms with Crippen molar-refractivity contribution in [3.8, 4) is 11.1 Å². The smallest absolute Gasteiger partial charge is 0.259 e. The zero-order valence-electron chi connectivity index (χ0n) is 13.4. The fourth-order valence-corrected chi connectivity index (χ4v) is 2.23. The summed E-state index contributed by atoms with van der Waals surface area (Å²) in [6.07, 6.45) is 0. The molecule has 0 bridgehead atoms. The summed E-state index contributed by atoms with van der Waals surface area (Å²) >= 11 is 0. The first-order valence-electron chi connectivity index (χ1n) is 7.53. The predicted octanol–water partition coefficient (Wildman–Crippen LogP) is 2.98. The van der Waals surface area contributed by atoms with Gasteiger partial charge in [-0.25, -0.2) is 9.89 Å². The summed E-state index contributed by atoms with van der Waals surface area (Å²) < 4.78 is 0. The van der Waals surface area contributed by atoms with Crippen LogP contribution in [-0.4, -0.2) is 20.9 Å². The summed E-state index contributed by atoms with van der Waals surface area (Å²) in [5.74, 6) is 0.346. The van der Waals surface area contributed by atoms with Gasteiger partial charge in [-0.1, -0.05) is 54.6 Å². The van der Waals surface area contributed by atoms with Gasteiger partial charge in [0.05, 0.1) is 5.71 Å². The van der Waals surface area contributed by atoms with Gasteiger partial charge in [0.2, 0.25) is 0 Å². The van der Waals surface area contributed by atoms with Crippen LogP contribution in [0.3, 0.4) is 0 Å². The number of rotatable bonds is 4. The van der Waals surface area contributed by atoms with E-state index in [0.717, 1.165) is 16.8 Å². The molecule has 0 amide bonds. The number of H-pyrrole nitrogens is 1. The number of anilines is 1. The van der Waals surface area contributed by atoms with Crippen molar-refractivity contribution >= 4 is 11.5 Å². The van der Waals surface area contributed by atoms with Crippen molar-refractivity contribution in [1.82, 2.24) is 15.2 Å². The Kier molecular flexibility index (Phi) is 4.47. The maximum Gasteiger partial charge on any atom is 0.363 e. The summed E-state index contributed by atoms with van der Waals surface area (Å²) in [6, 6.07) is 18.3. The zero-order valence-corrected chi connectivity index (χ0v) is 13.4. The highest BCUT2D eigenvalue weighted by atomic mass is 16.1. The van der Waals surface area contributed by atoms with Gasteiger partial charge in [-0.2, -0.15) is 15.2 Å². The van der Waals surface area contributed by atoms with E-state index < -0.39 is 5.69 Å². The molecule has 0 saturated carbocycles. The number of hydrogen-bond donors (Lipinski definition) is 2. The Hall–Kier alpha value is -3.28. The van der Waals surface area contributed by atoms with Gasteiger partial charge in [-0.15, -0.1) is 0 Å². The van der Waals surface area contributed by atoms with E-state index in [0.29, 0.717) is 11.5 Å². The van der Waals surface area contributed by atoms with Crippen molar-refractivity contribution in [3.05, 3.63) is 76.3 Å². The molecular weight excluding hydrogens is 302 g/mol. The summed E-state index contributed by atoms with van der Waals surface area (Å²) in [7, 11) is 0. The van der Waals surface area contributed by atoms with Crippen LogP contribution in [0.4, 0.5) is 5.82 Å². The topological polar surface area (TPSA) is 83.0 Å². The largest absolute Gasteiger partial charge is 0.363 e. The van der Waals surface area contributed by atoms with Crippen LogP contribution in [0.25, 0.3) is 11.1 Å². The number of aryl methyl sites for hydroxylation is 1. The first-order chi connectivity index (χ1) is 11.6. The molecule has 0 aliphatic heterocycles. The van der Waals surface area contributed by atoms with Crippen LogP contribution in [0.5, 0.6) is 0 Å². The maximum atomic E-state index is 11.2. The molecule has 24 heavy (non-hydrogen) atoms. The van der Waals surface area contributed by atoms with E-state index in [4.69, 9.17) is 0 Å². The number of aromatic amines is 1. The van der Waals surface area contributed by atoms with E-state index >= 15 is 0 Å². The molecule has 0 aliphatic rings. The molecule has 3 rings (SSSR count). The standard InChI is InChI=1S/C18H17N5O/c1-12(20-22-17-13(2)21-23-18(24)19-17)14-8-10-16(11-9-14)15-6-4-3-5-7-15/h3-11H,1-2H3,(H2,19,22,23,24)/b20-12-. The van der Waals surface area contributed by atoms with Crippen molar-refractivity contribution in [1.29, 1.82) is 0 Å². The molecule has 1 heterocycles. The first-order valence-corrected chi connectivity index (χ1v) is 7.53. The molecule has 0 atom stereocenters. The monoisotopic (exact) mass is 319 g/mol. The molecule has 0 spiro atoms.